The smallest absolute Gasteiger partial charge is 0.230 e. The standard InChI is InChI=1S/C21H23FN2O2/c1-21(2,18-13-24-19-12-15(22)7-8-17(18)19)20(25)23-10-9-14-5-4-6-16(11-14)26-3/h4-8,11-13,24H,9-10H2,1-3H3,(H,23,25). The molecule has 0 aliphatic carbocycles. The van der Waals surface area contributed by atoms with E-state index < -0.39 is 5.41 Å². The molecule has 1 heterocycles. The monoisotopic (exact) mass is 354 g/mol. The van der Waals surface area contributed by atoms with Crippen molar-refractivity contribution in [2.24, 2.45) is 0 Å². The molecule has 2 aromatic carbocycles. The summed E-state index contributed by atoms with van der Waals surface area (Å²) in [6, 6.07) is 12.4. The van der Waals surface area contributed by atoms with E-state index >= 15 is 0 Å². The third-order valence-corrected chi connectivity index (χ3v) is 4.72. The number of fused-ring (bicyclic) bond motifs is 1. The summed E-state index contributed by atoms with van der Waals surface area (Å²) in [5.41, 5.74) is 1.92. The van der Waals surface area contributed by atoms with Crippen molar-refractivity contribution in [1.82, 2.24) is 10.3 Å². The van der Waals surface area contributed by atoms with E-state index in [2.05, 4.69) is 10.3 Å². The van der Waals surface area contributed by atoms with Crippen LogP contribution in [0, 0.1) is 5.82 Å². The maximum absolute atomic E-state index is 13.4. The van der Waals surface area contributed by atoms with E-state index in [9.17, 15) is 9.18 Å². The molecule has 0 bridgehead atoms. The third-order valence-electron chi connectivity index (χ3n) is 4.72. The largest absolute Gasteiger partial charge is 0.497 e. The average Bonchev–Trinajstić information content (AvgIpc) is 3.05. The van der Waals surface area contributed by atoms with Crippen molar-refractivity contribution in [1.29, 1.82) is 0 Å². The number of ether oxygens (including phenoxy) is 1. The summed E-state index contributed by atoms with van der Waals surface area (Å²) in [6.07, 6.45) is 2.50. The second-order valence-electron chi connectivity index (χ2n) is 6.87. The van der Waals surface area contributed by atoms with Crippen LogP contribution in [0.4, 0.5) is 4.39 Å². The van der Waals surface area contributed by atoms with Gasteiger partial charge in [-0.15, -0.1) is 0 Å². The number of aromatic nitrogens is 1. The fourth-order valence-electron chi connectivity index (χ4n) is 3.11. The Hall–Kier alpha value is -2.82. The molecule has 2 N–H and O–H groups in total. The number of H-pyrrole nitrogens is 1. The molecule has 3 rings (SSSR count). The van der Waals surface area contributed by atoms with Gasteiger partial charge in [-0.1, -0.05) is 12.1 Å². The van der Waals surface area contributed by atoms with Gasteiger partial charge >= 0.3 is 0 Å². The minimum absolute atomic E-state index is 0.0642. The third kappa shape index (κ3) is 3.57. The van der Waals surface area contributed by atoms with E-state index in [-0.39, 0.29) is 11.7 Å². The lowest BCUT2D eigenvalue weighted by Gasteiger charge is -2.23. The number of amides is 1. The van der Waals surface area contributed by atoms with Crippen molar-refractivity contribution in [2.45, 2.75) is 25.7 Å². The Kier molecular flexibility index (Phi) is 4.98. The first-order valence-corrected chi connectivity index (χ1v) is 8.60. The molecule has 0 saturated heterocycles. The molecule has 0 unspecified atom stereocenters. The maximum atomic E-state index is 13.4. The molecule has 0 spiro atoms. The first kappa shape index (κ1) is 18.0. The van der Waals surface area contributed by atoms with Crippen molar-refractivity contribution in [2.75, 3.05) is 13.7 Å². The van der Waals surface area contributed by atoms with Crippen molar-refractivity contribution < 1.29 is 13.9 Å². The first-order chi connectivity index (χ1) is 12.4. The quantitative estimate of drug-likeness (QED) is 0.704. The number of rotatable bonds is 6. The Morgan fingerprint density at radius 1 is 1.23 bits per heavy atom. The summed E-state index contributed by atoms with van der Waals surface area (Å²) in [6.45, 7) is 4.28. The van der Waals surface area contributed by atoms with Crippen LogP contribution in [0.2, 0.25) is 0 Å². The number of hydrogen-bond acceptors (Lipinski definition) is 2. The Morgan fingerprint density at radius 2 is 2.04 bits per heavy atom. The van der Waals surface area contributed by atoms with Gasteiger partial charge in [-0.05, 0) is 61.7 Å². The summed E-state index contributed by atoms with van der Waals surface area (Å²) in [7, 11) is 1.64. The van der Waals surface area contributed by atoms with Gasteiger partial charge in [0.1, 0.15) is 11.6 Å². The van der Waals surface area contributed by atoms with Crippen LogP contribution in [0.5, 0.6) is 5.75 Å². The van der Waals surface area contributed by atoms with Crippen molar-refractivity contribution in [3.05, 3.63) is 65.6 Å². The highest BCUT2D eigenvalue weighted by atomic mass is 19.1. The van der Waals surface area contributed by atoms with Crippen LogP contribution >= 0.6 is 0 Å². The molecule has 0 atom stereocenters. The normalized spacial score (nSPS) is 11.5. The molecule has 0 aliphatic rings. The first-order valence-electron chi connectivity index (χ1n) is 8.60. The lowest BCUT2D eigenvalue weighted by Crippen LogP contribution is -2.40. The van der Waals surface area contributed by atoms with Crippen LogP contribution in [0.3, 0.4) is 0 Å². The van der Waals surface area contributed by atoms with Gasteiger partial charge in [0.05, 0.1) is 12.5 Å². The molecular formula is C21H23FN2O2. The van der Waals surface area contributed by atoms with Crippen LogP contribution in [0.1, 0.15) is 25.0 Å². The van der Waals surface area contributed by atoms with E-state index in [1.807, 2.05) is 38.1 Å². The second kappa shape index (κ2) is 7.20. The molecule has 0 radical (unpaired) electrons. The van der Waals surface area contributed by atoms with E-state index in [1.54, 1.807) is 19.4 Å². The number of aromatic amines is 1. The Bertz CT molecular complexity index is 931. The molecule has 0 saturated carbocycles. The zero-order valence-electron chi connectivity index (χ0n) is 15.2. The number of benzene rings is 2. The van der Waals surface area contributed by atoms with Crippen LogP contribution in [-0.2, 0) is 16.6 Å². The number of hydrogen-bond donors (Lipinski definition) is 2. The molecule has 0 fully saturated rings. The summed E-state index contributed by atoms with van der Waals surface area (Å²) in [5, 5.41) is 3.87. The molecule has 4 nitrogen and oxygen atoms in total. The lowest BCUT2D eigenvalue weighted by atomic mass is 9.83. The van der Waals surface area contributed by atoms with Gasteiger partial charge in [0.2, 0.25) is 5.91 Å². The minimum atomic E-state index is -0.732. The van der Waals surface area contributed by atoms with Gasteiger partial charge in [0.25, 0.3) is 0 Å². The predicted molar refractivity (Wildman–Crippen MR) is 101 cm³/mol. The summed E-state index contributed by atoms with van der Waals surface area (Å²) in [4.78, 5) is 15.8. The highest BCUT2D eigenvalue weighted by molar-refractivity contribution is 5.94. The predicted octanol–water partition coefficient (Wildman–Crippen LogP) is 3.95. The minimum Gasteiger partial charge on any atom is -0.497 e. The van der Waals surface area contributed by atoms with Crippen molar-refractivity contribution >= 4 is 16.8 Å². The topological polar surface area (TPSA) is 54.1 Å². The zero-order valence-corrected chi connectivity index (χ0v) is 15.2. The molecule has 5 heteroatoms. The SMILES string of the molecule is COc1cccc(CCNC(=O)C(C)(C)c2c[nH]c3cc(F)ccc23)c1. The van der Waals surface area contributed by atoms with E-state index in [0.717, 1.165) is 28.7 Å². The highest BCUT2D eigenvalue weighted by Gasteiger charge is 2.31. The Labute approximate surface area is 152 Å². The summed E-state index contributed by atoms with van der Waals surface area (Å²) < 4.78 is 18.6. The van der Waals surface area contributed by atoms with Crippen molar-refractivity contribution in [3.63, 3.8) is 0 Å². The van der Waals surface area contributed by atoms with Crippen LogP contribution in [-0.4, -0.2) is 24.5 Å². The summed E-state index contributed by atoms with van der Waals surface area (Å²) in [5.74, 6) is 0.442. The summed E-state index contributed by atoms with van der Waals surface area (Å²) >= 11 is 0. The molecule has 136 valence electrons. The Morgan fingerprint density at radius 3 is 2.81 bits per heavy atom. The number of carbonyl (C=O) groups excluding carboxylic acids is 1. The maximum Gasteiger partial charge on any atom is 0.230 e. The molecule has 1 aromatic heterocycles. The molecular weight excluding hydrogens is 331 g/mol. The Balaban J connectivity index is 1.69. The number of halogens is 1. The van der Waals surface area contributed by atoms with Crippen LogP contribution in [0.25, 0.3) is 10.9 Å². The fourth-order valence-corrected chi connectivity index (χ4v) is 3.11. The van der Waals surface area contributed by atoms with Crippen LogP contribution < -0.4 is 10.1 Å². The van der Waals surface area contributed by atoms with Gasteiger partial charge in [0.15, 0.2) is 0 Å². The lowest BCUT2D eigenvalue weighted by molar-refractivity contribution is -0.125. The van der Waals surface area contributed by atoms with E-state index in [0.29, 0.717) is 12.1 Å². The molecule has 3 aromatic rings. The van der Waals surface area contributed by atoms with E-state index in [1.165, 1.54) is 12.1 Å². The zero-order chi connectivity index (χ0) is 18.7. The van der Waals surface area contributed by atoms with Gasteiger partial charge < -0.3 is 15.0 Å². The van der Waals surface area contributed by atoms with Gasteiger partial charge in [-0.2, -0.15) is 0 Å². The van der Waals surface area contributed by atoms with E-state index in [4.69, 9.17) is 4.74 Å². The average molecular weight is 354 g/mol. The van der Waals surface area contributed by atoms with Crippen molar-refractivity contribution in [3.8, 4) is 5.75 Å². The number of nitrogens with one attached hydrogen (secondary N) is 2. The highest BCUT2D eigenvalue weighted by Crippen LogP contribution is 2.31. The van der Waals surface area contributed by atoms with Gasteiger partial charge in [-0.3, -0.25) is 4.79 Å². The number of carbonyl (C=O) groups is 1. The van der Waals surface area contributed by atoms with Gasteiger partial charge in [0, 0.05) is 23.6 Å². The second-order valence-corrected chi connectivity index (χ2v) is 6.87. The van der Waals surface area contributed by atoms with Gasteiger partial charge in [-0.25, -0.2) is 4.39 Å². The number of methoxy groups -OCH3 is 1. The molecule has 26 heavy (non-hydrogen) atoms. The molecule has 0 aliphatic heterocycles. The fraction of sp³-hybridized carbons (Fsp3) is 0.286. The molecule has 1 amide bonds. The van der Waals surface area contributed by atoms with Crippen LogP contribution in [0.15, 0.2) is 48.7 Å².